The number of carbonyl (C=O) groups excluding carboxylic acids is 2. The molecule has 0 aliphatic heterocycles. The van der Waals surface area contributed by atoms with Crippen LogP contribution in [0.1, 0.15) is 24.2 Å². The van der Waals surface area contributed by atoms with E-state index in [2.05, 4.69) is 15.3 Å². The molecule has 2 aromatic carbocycles. The molecule has 37 heavy (non-hydrogen) atoms. The first kappa shape index (κ1) is 25.5. The summed E-state index contributed by atoms with van der Waals surface area (Å²) in [6.07, 6.45) is 2.23. The number of pyridine rings is 1. The Labute approximate surface area is 211 Å². The minimum atomic E-state index is -0.575. The van der Waals surface area contributed by atoms with Gasteiger partial charge in [0.25, 0.3) is 5.56 Å². The lowest BCUT2D eigenvalue weighted by atomic mass is 10.0. The van der Waals surface area contributed by atoms with E-state index in [9.17, 15) is 18.8 Å². The minimum Gasteiger partial charge on any atom is -0.497 e. The van der Waals surface area contributed by atoms with E-state index in [0.29, 0.717) is 34.3 Å². The Morgan fingerprint density at radius 3 is 2.54 bits per heavy atom. The van der Waals surface area contributed by atoms with Gasteiger partial charge < -0.3 is 14.8 Å². The normalized spacial score (nSPS) is 11.0. The predicted octanol–water partition coefficient (Wildman–Crippen LogP) is 3.62. The van der Waals surface area contributed by atoms with E-state index >= 15 is 0 Å². The first-order valence-corrected chi connectivity index (χ1v) is 11.4. The Morgan fingerprint density at radius 2 is 1.86 bits per heavy atom. The molecule has 10 heteroatoms. The average Bonchev–Trinajstić information content (AvgIpc) is 2.89. The maximum Gasteiger partial charge on any atom is 0.263 e. The highest BCUT2D eigenvalue weighted by Gasteiger charge is 2.19. The smallest absolute Gasteiger partial charge is 0.263 e. The average molecular weight is 505 g/mol. The van der Waals surface area contributed by atoms with Crippen LogP contribution in [-0.2, 0) is 11.3 Å². The lowest BCUT2D eigenvalue weighted by molar-refractivity contribution is -0.122. The molecule has 0 aliphatic rings. The fourth-order valence-electron chi connectivity index (χ4n) is 3.92. The number of rotatable bonds is 8. The second kappa shape index (κ2) is 10.6. The number of amides is 1. The van der Waals surface area contributed by atoms with E-state index in [-0.39, 0.29) is 41.1 Å². The van der Waals surface area contributed by atoms with Gasteiger partial charge in [0.15, 0.2) is 17.2 Å². The van der Waals surface area contributed by atoms with Crippen molar-refractivity contribution in [1.29, 1.82) is 0 Å². The monoisotopic (exact) mass is 504 g/mol. The number of benzene rings is 2. The Morgan fingerprint density at radius 1 is 1.08 bits per heavy atom. The zero-order valence-electron chi connectivity index (χ0n) is 20.7. The molecule has 0 unspecified atom stereocenters. The van der Waals surface area contributed by atoms with Gasteiger partial charge in [0, 0.05) is 28.9 Å². The van der Waals surface area contributed by atoms with E-state index in [1.807, 2.05) is 13.8 Å². The molecule has 190 valence electrons. The van der Waals surface area contributed by atoms with Gasteiger partial charge in [-0.25, -0.2) is 14.4 Å². The zero-order chi connectivity index (χ0) is 26.7. The number of carbonyl (C=O) groups is 2. The van der Waals surface area contributed by atoms with Crippen molar-refractivity contribution in [3.63, 3.8) is 0 Å². The van der Waals surface area contributed by atoms with E-state index in [4.69, 9.17) is 9.47 Å². The Kier molecular flexibility index (Phi) is 7.28. The predicted molar refractivity (Wildman–Crippen MR) is 136 cm³/mol. The summed E-state index contributed by atoms with van der Waals surface area (Å²) in [4.78, 5) is 46.7. The van der Waals surface area contributed by atoms with E-state index in [0.717, 1.165) is 0 Å². The van der Waals surface area contributed by atoms with Crippen LogP contribution >= 0.6 is 0 Å². The largest absolute Gasteiger partial charge is 0.497 e. The van der Waals surface area contributed by atoms with Crippen molar-refractivity contribution < 1.29 is 23.5 Å². The van der Waals surface area contributed by atoms with Crippen molar-refractivity contribution >= 4 is 23.2 Å². The van der Waals surface area contributed by atoms with Crippen LogP contribution in [0.5, 0.6) is 11.5 Å². The van der Waals surface area contributed by atoms with Gasteiger partial charge in [0.1, 0.15) is 24.4 Å². The van der Waals surface area contributed by atoms with Gasteiger partial charge in [-0.3, -0.25) is 19.0 Å². The molecule has 0 bridgehead atoms. The SMILES string of the molecule is COc1cc(C=O)cc(-c2cnc3nc(-c4ccc(F)c(OC)c4)n(CC(=O)NC(C)C)c(=O)c3c2)c1. The van der Waals surface area contributed by atoms with Crippen molar-refractivity contribution in [2.75, 3.05) is 14.2 Å². The van der Waals surface area contributed by atoms with Crippen molar-refractivity contribution in [3.8, 4) is 34.0 Å². The molecule has 0 radical (unpaired) electrons. The molecule has 4 rings (SSSR count). The molecular weight excluding hydrogens is 479 g/mol. The van der Waals surface area contributed by atoms with E-state index in [1.54, 1.807) is 24.3 Å². The highest BCUT2D eigenvalue weighted by atomic mass is 19.1. The number of aromatic nitrogens is 3. The van der Waals surface area contributed by atoms with Gasteiger partial charge in [-0.1, -0.05) is 0 Å². The summed E-state index contributed by atoms with van der Waals surface area (Å²) in [6.45, 7) is 3.31. The van der Waals surface area contributed by atoms with Gasteiger partial charge in [-0.15, -0.1) is 0 Å². The van der Waals surface area contributed by atoms with Crippen LogP contribution in [-0.4, -0.2) is 47.0 Å². The van der Waals surface area contributed by atoms with Crippen LogP contribution in [0.2, 0.25) is 0 Å². The number of ether oxygens (including phenoxy) is 2. The summed E-state index contributed by atoms with van der Waals surface area (Å²) in [5.74, 6) is -0.381. The summed E-state index contributed by atoms with van der Waals surface area (Å²) in [5.41, 5.74) is 1.59. The number of nitrogens with one attached hydrogen (secondary N) is 1. The Bertz CT molecular complexity index is 1560. The highest BCUT2D eigenvalue weighted by Crippen LogP contribution is 2.28. The van der Waals surface area contributed by atoms with Crippen LogP contribution < -0.4 is 20.3 Å². The van der Waals surface area contributed by atoms with Crippen LogP contribution in [0.15, 0.2) is 53.5 Å². The van der Waals surface area contributed by atoms with Crippen molar-refractivity contribution in [3.05, 3.63) is 70.4 Å². The zero-order valence-corrected chi connectivity index (χ0v) is 20.7. The van der Waals surface area contributed by atoms with Crippen LogP contribution in [0.25, 0.3) is 33.5 Å². The standard InChI is InChI=1S/C27H25FN4O5/c1-15(2)30-24(34)13-32-26(17-5-6-22(28)23(11-17)37-4)31-25-21(27(32)35)10-19(12-29-25)18-7-16(14-33)8-20(9-18)36-3/h5-12,14-15H,13H2,1-4H3,(H,30,34). The van der Waals surface area contributed by atoms with Crippen molar-refractivity contribution in [2.45, 2.75) is 26.4 Å². The van der Waals surface area contributed by atoms with Crippen LogP contribution in [0.3, 0.4) is 0 Å². The highest BCUT2D eigenvalue weighted by molar-refractivity contribution is 5.85. The third-order valence-electron chi connectivity index (χ3n) is 5.60. The summed E-state index contributed by atoms with van der Waals surface area (Å²) in [7, 11) is 2.82. The Hall–Kier alpha value is -4.60. The maximum absolute atomic E-state index is 14.1. The lowest BCUT2D eigenvalue weighted by Gasteiger charge is -2.16. The second-order valence-electron chi connectivity index (χ2n) is 8.61. The molecular formula is C27H25FN4O5. The number of aldehydes is 1. The number of hydrogen-bond donors (Lipinski definition) is 1. The first-order chi connectivity index (χ1) is 17.7. The fourth-order valence-corrected chi connectivity index (χ4v) is 3.92. The van der Waals surface area contributed by atoms with Crippen molar-refractivity contribution in [1.82, 2.24) is 19.9 Å². The number of methoxy groups -OCH3 is 2. The summed E-state index contributed by atoms with van der Waals surface area (Å²) < 4.78 is 25.6. The van der Waals surface area contributed by atoms with E-state index in [1.165, 1.54) is 43.2 Å². The minimum absolute atomic E-state index is 0.0302. The molecule has 2 heterocycles. The topological polar surface area (TPSA) is 112 Å². The second-order valence-corrected chi connectivity index (χ2v) is 8.61. The molecule has 4 aromatic rings. The number of halogens is 1. The molecule has 0 saturated heterocycles. The van der Waals surface area contributed by atoms with Crippen LogP contribution in [0.4, 0.5) is 4.39 Å². The number of nitrogens with zero attached hydrogens (tertiary/aromatic N) is 3. The molecule has 1 amide bonds. The summed E-state index contributed by atoms with van der Waals surface area (Å²) >= 11 is 0. The van der Waals surface area contributed by atoms with Crippen molar-refractivity contribution in [2.24, 2.45) is 0 Å². The molecule has 2 aromatic heterocycles. The molecule has 0 atom stereocenters. The quantitative estimate of drug-likeness (QED) is 0.365. The lowest BCUT2D eigenvalue weighted by Crippen LogP contribution is -2.37. The molecule has 1 N–H and O–H groups in total. The summed E-state index contributed by atoms with van der Waals surface area (Å²) in [5, 5.41) is 2.94. The van der Waals surface area contributed by atoms with E-state index < -0.39 is 11.4 Å². The van der Waals surface area contributed by atoms with Gasteiger partial charge in [-0.05, 0) is 61.9 Å². The molecule has 0 aliphatic carbocycles. The third kappa shape index (κ3) is 5.32. The maximum atomic E-state index is 14.1. The van der Waals surface area contributed by atoms with Gasteiger partial charge >= 0.3 is 0 Å². The Balaban J connectivity index is 1.93. The first-order valence-electron chi connectivity index (χ1n) is 11.4. The van der Waals surface area contributed by atoms with Crippen LogP contribution in [0, 0.1) is 5.82 Å². The molecule has 0 fully saturated rings. The molecule has 0 saturated carbocycles. The van der Waals surface area contributed by atoms with Gasteiger partial charge in [0.2, 0.25) is 5.91 Å². The summed E-state index contributed by atoms with van der Waals surface area (Å²) in [6, 6.07) is 10.5. The number of fused-ring (bicyclic) bond motifs is 1. The van der Waals surface area contributed by atoms with Gasteiger partial charge in [0.05, 0.1) is 19.6 Å². The molecule has 9 nitrogen and oxygen atoms in total. The third-order valence-corrected chi connectivity index (χ3v) is 5.60. The number of hydrogen-bond acceptors (Lipinski definition) is 7. The fraction of sp³-hybridized carbons (Fsp3) is 0.222. The van der Waals surface area contributed by atoms with Gasteiger partial charge in [-0.2, -0.15) is 0 Å². The molecule has 0 spiro atoms.